The Morgan fingerprint density at radius 2 is 1.55 bits per heavy atom. The summed E-state index contributed by atoms with van der Waals surface area (Å²) in [6, 6.07) is 2.75. The zero-order valence-corrected chi connectivity index (χ0v) is 25.9. The van der Waals surface area contributed by atoms with Crippen molar-refractivity contribution in [2.45, 2.75) is 63.8 Å². The van der Waals surface area contributed by atoms with Crippen molar-refractivity contribution in [3.8, 4) is 0 Å². The quantitative estimate of drug-likeness (QED) is 0.244. The monoisotopic (exact) mass is 583 g/mol. The zero-order chi connectivity index (χ0) is 28.6. The second kappa shape index (κ2) is 15.3. The molecule has 3 heterocycles. The van der Waals surface area contributed by atoms with E-state index in [-0.39, 0.29) is 0 Å². The molecule has 0 unspecified atom stereocenters. The first-order valence-corrected chi connectivity index (χ1v) is 17.3. The lowest BCUT2D eigenvalue weighted by molar-refractivity contribution is 0.0331. The maximum atomic E-state index is 6.22. The normalized spacial score (nSPS) is 30.7. The molecular weight excluding hydrogens is 526 g/mol. The van der Waals surface area contributed by atoms with E-state index in [2.05, 4.69) is 35.6 Å². The molecule has 5 aliphatic rings. The highest BCUT2D eigenvalue weighted by molar-refractivity contribution is 5.51. The van der Waals surface area contributed by atoms with Gasteiger partial charge in [0, 0.05) is 71.0 Å². The van der Waals surface area contributed by atoms with Crippen molar-refractivity contribution in [3.05, 3.63) is 6.07 Å². The molecule has 6 rings (SSSR count). The molecule has 2 bridgehead atoms. The van der Waals surface area contributed by atoms with Crippen LogP contribution in [0.5, 0.6) is 0 Å². The fourth-order valence-electron chi connectivity index (χ4n) is 8.18. The Bertz CT molecular complexity index is 944. The van der Waals surface area contributed by atoms with Gasteiger partial charge in [0.05, 0.1) is 13.2 Å². The van der Waals surface area contributed by atoms with Gasteiger partial charge in [-0.25, -0.2) is 0 Å². The Morgan fingerprint density at radius 1 is 0.810 bits per heavy atom. The minimum Gasteiger partial charge on any atom is -0.383 e. The molecule has 0 amide bonds. The molecule has 5 N–H and O–H groups in total. The summed E-state index contributed by atoms with van der Waals surface area (Å²) in [6.07, 6.45) is 12.4. The summed E-state index contributed by atoms with van der Waals surface area (Å²) >= 11 is 0. The number of morpholine rings is 1. The molecule has 10 heteroatoms. The van der Waals surface area contributed by atoms with Gasteiger partial charge in [0.2, 0.25) is 5.95 Å². The fourth-order valence-corrected chi connectivity index (χ4v) is 8.18. The Labute approximate surface area is 253 Å². The van der Waals surface area contributed by atoms with Crippen molar-refractivity contribution in [1.82, 2.24) is 30.4 Å². The second-order valence-electron chi connectivity index (χ2n) is 13.8. The van der Waals surface area contributed by atoms with Crippen molar-refractivity contribution in [3.63, 3.8) is 0 Å². The van der Waals surface area contributed by atoms with Gasteiger partial charge in [0.25, 0.3) is 0 Å². The number of fused-ring (bicyclic) bond motifs is 2. The molecule has 3 atom stereocenters. The van der Waals surface area contributed by atoms with Crippen LogP contribution in [0, 0.1) is 23.7 Å². The van der Waals surface area contributed by atoms with Crippen molar-refractivity contribution >= 4 is 17.6 Å². The lowest BCUT2D eigenvalue weighted by atomic mass is 9.82. The van der Waals surface area contributed by atoms with Crippen LogP contribution in [0.15, 0.2) is 6.07 Å². The van der Waals surface area contributed by atoms with Gasteiger partial charge in [-0.1, -0.05) is 6.42 Å². The smallest absolute Gasteiger partial charge is 0.226 e. The van der Waals surface area contributed by atoms with E-state index in [9.17, 15) is 0 Å². The maximum Gasteiger partial charge on any atom is 0.226 e. The molecule has 3 saturated carbocycles. The largest absolute Gasteiger partial charge is 0.383 e. The molecule has 5 fully saturated rings. The van der Waals surface area contributed by atoms with Gasteiger partial charge in [-0.2, -0.15) is 9.97 Å². The number of hydrogen-bond acceptors (Lipinski definition) is 10. The summed E-state index contributed by atoms with van der Waals surface area (Å²) in [7, 11) is 0. The number of nitrogens with one attached hydrogen (secondary N) is 3. The highest BCUT2D eigenvalue weighted by Gasteiger charge is 2.38. The predicted octanol–water partition coefficient (Wildman–Crippen LogP) is 2.49. The Morgan fingerprint density at radius 3 is 2.26 bits per heavy atom. The maximum absolute atomic E-state index is 6.22. The van der Waals surface area contributed by atoms with E-state index in [1.165, 1.54) is 70.9 Å². The molecule has 10 nitrogen and oxygen atoms in total. The highest BCUT2D eigenvalue weighted by atomic mass is 16.5. The molecule has 0 aromatic carbocycles. The van der Waals surface area contributed by atoms with Crippen molar-refractivity contribution in [2.75, 3.05) is 108 Å². The van der Waals surface area contributed by atoms with Gasteiger partial charge < -0.3 is 31.3 Å². The lowest BCUT2D eigenvalue weighted by Crippen LogP contribution is -2.49. The van der Waals surface area contributed by atoms with E-state index >= 15 is 0 Å². The number of rotatable bonds is 14. The van der Waals surface area contributed by atoms with E-state index in [1.54, 1.807) is 0 Å². The van der Waals surface area contributed by atoms with Gasteiger partial charge in [0.15, 0.2) is 0 Å². The molecular formula is C32H57N9O. The number of anilines is 3. The topological polar surface area (TPSA) is 107 Å². The molecule has 42 heavy (non-hydrogen) atoms. The summed E-state index contributed by atoms with van der Waals surface area (Å²) < 4.78 is 5.48. The number of nitrogens with two attached hydrogens (primary N) is 1. The minimum atomic E-state index is 0.553. The van der Waals surface area contributed by atoms with Gasteiger partial charge >= 0.3 is 0 Å². The Kier molecular flexibility index (Phi) is 11.1. The van der Waals surface area contributed by atoms with Crippen LogP contribution in [-0.4, -0.2) is 118 Å². The van der Waals surface area contributed by atoms with Crippen LogP contribution in [0.1, 0.15) is 57.8 Å². The van der Waals surface area contributed by atoms with Gasteiger partial charge in [-0.3, -0.25) is 9.80 Å². The number of nitrogens with zero attached hydrogens (tertiary/aromatic N) is 5. The van der Waals surface area contributed by atoms with Crippen LogP contribution in [0.3, 0.4) is 0 Å². The predicted molar refractivity (Wildman–Crippen MR) is 171 cm³/mol. The van der Waals surface area contributed by atoms with E-state index in [1.807, 2.05) is 6.07 Å². The Hall–Kier alpha value is -1.72. The second-order valence-corrected chi connectivity index (χ2v) is 13.8. The van der Waals surface area contributed by atoms with E-state index in [0.717, 1.165) is 108 Å². The van der Waals surface area contributed by atoms with E-state index < -0.39 is 0 Å². The summed E-state index contributed by atoms with van der Waals surface area (Å²) in [4.78, 5) is 16.8. The molecule has 3 aliphatic carbocycles. The SMILES string of the molecule is Nc1cc(N2CCN(CCN3CCOCC3)CC2)nc(NCC2CCC(CNCCCN[C@H]3C[C@@H]4CC[C@H]3C4)CC2)n1. The number of nitrogen functional groups attached to an aromatic ring is 1. The molecule has 2 saturated heterocycles. The first kappa shape index (κ1) is 30.3. The summed E-state index contributed by atoms with van der Waals surface area (Å²) in [5.74, 6) is 5.73. The van der Waals surface area contributed by atoms with Crippen LogP contribution >= 0.6 is 0 Å². The Balaban J connectivity index is 0.832. The zero-order valence-electron chi connectivity index (χ0n) is 25.9. The highest BCUT2D eigenvalue weighted by Crippen LogP contribution is 2.44. The van der Waals surface area contributed by atoms with Crippen LogP contribution in [0.4, 0.5) is 17.6 Å². The summed E-state index contributed by atoms with van der Waals surface area (Å²) in [5.41, 5.74) is 6.22. The summed E-state index contributed by atoms with van der Waals surface area (Å²) in [6.45, 7) is 14.7. The van der Waals surface area contributed by atoms with Crippen molar-refractivity contribution in [1.29, 1.82) is 0 Å². The third-order valence-electron chi connectivity index (χ3n) is 10.9. The van der Waals surface area contributed by atoms with Crippen LogP contribution in [0.25, 0.3) is 0 Å². The number of piperazine rings is 1. The molecule has 0 spiro atoms. The first-order chi connectivity index (χ1) is 20.7. The number of hydrogen-bond donors (Lipinski definition) is 4. The van der Waals surface area contributed by atoms with Crippen LogP contribution in [0.2, 0.25) is 0 Å². The standard InChI is InChI=1S/C32H57N9O/c33-30-22-31(41-14-12-39(13-15-41)10-11-40-16-18-42-19-17-40)38-32(37-30)36-24-26-4-2-25(3-5-26)23-34-8-1-9-35-29-21-27-6-7-28(29)20-27/h22,25-29,34-35H,1-21,23-24H2,(H3,33,36,37,38)/t25?,26?,27-,28+,29+/m1/s1. The average Bonchev–Trinajstić information content (AvgIpc) is 3.66. The number of ether oxygens (including phenoxy) is 1. The minimum absolute atomic E-state index is 0.553. The first-order valence-electron chi connectivity index (χ1n) is 17.3. The fraction of sp³-hybridized carbons (Fsp3) is 0.875. The molecule has 1 aromatic heterocycles. The lowest BCUT2D eigenvalue weighted by Gasteiger charge is -2.37. The molecule has 236 valence electrons. The van der Waals surface area contributed by atoms with Gasteiger partial charge in [-0.15, -0.1) is 0 Å². The molecule has 0 radical (unpaired) electrons. The summed E-state index contributed by atoms with van der Waals surface area (Å²) in [5, 5.41) is 11.1. The van der Waals surface area contributed by atoms with Crippen LogP contribution < -0.4 is 26.6 Å². The van der Waals surface area contributed by atoms with E-state index in [0.29, 0.717) is 17.7 Å². The van der Waals surface area contributed by atoms with Gasteiger partial charge in [-0.05, 0) is 94.7 Å². The van der Waals surface area contributed by atoms with Crippen LogP contribution in [-0.2, 0) is 4.74 Å². The average molecular weight is 584 g/mol. The van der Waals surface area contributed by atoms with E-state index in [4.69, 9.17) is 15.5 Å². The van der Waals surface area contributed by atoms with Crippen molar-refractivity contribution in [2.24, 2.45) is 23.7 Å². The van der Waals surface area contributed by atoms with Gasteiger partial charge in [0.1, 0.15) is 11.6 Å². The molecule has 1 aromatic rings. The third kappa shape index (κ3) is 8.68. The van der Waals surface area contributed by atoms with Crippen molar-refractivity contribution < 1.29 is 4.74 Å². The third-order valence-corrected chi connectivity index (χ3v) is 10.9. The molecule has 2 aliphatic heterocycles. The number of aromatic nitrogens is 2.